The fourth-order valence-electron chi connectivity index (χ4n) is 4.56. The van der Waals surface area contributed by atoms with E-state index in [1.807, 2.05) is 0 Å². The molecule has 1 heteroatoms. The SMILES string of the molecule is CNC(c1ccccc1C1CCC1)C1CC2CC2C1. The third kappa shape index (κ3) is 2.03. The molecule has 3 fully saturated rings. The number of hydrogen-bond donors (Lipinski definition) is 1. The highest BCUT2D eigenvalue weighted by Gasteiger charge is 2.48. The number of nitrogens with one attached hydrogen (secondary N) is 1. The smallest absolute Gasteiger partial charge is 0.0349 e. The third-order valence-electron chi connectivity index (χ3n) is 5.94. The minimum Gasteiger partial charge on any atom is -0.313 e. The number of rotatable bonds is 4. The van der Waals surface area contributed by atoms with Gasteiger partial charge in [-0.05, 0) is 74.0 Å². The van der Waals surface area contributed by atoms with Crippen LogP contribution >= 0.6 is 0 Å². The van der Waals surface area contributed by atoms with Gasteiger partial charge < -0.3 is 5.32 Å². The first kappa shape index (κ1) is 12.0. The van der Waals surface area contributed by atoms with E-state index in [1.54, 1.807) is 11.1 Å². The summed E-state index contributed by atoms with van der Waals surface area (Å²) in [7, 11) is 2.16. The fourth-order valence-corrected chi connectivity index (χ4v) is 4.56. The van der Waals surface area contributed by atoms with Crippen molar-refractivity contribution in [3.8, 4) is 0 Å². The molecule has 3 aliphatic rings. The molecule has 0 heterocycles. The predicted molar refractivity (Wildman–Crippen MR) is 79.2 cm³/mol. The maximum absolute atomic E-state index is 3.64. The van der Waals surface area contributed by atoms with E-state index >= 15 is 0 Å². The van der Waals surface area contributed by atoms with Gasteiger partial charge >= 0.3 is 0 Å². The Morgan fingerprint density at radius 2 is 1.79 bits per heavy atom. The quantitative estimate of drug-likeness (QED) is 0.847. The molecular formula is C18H25N. The van der Waals surface area contributed by atoms with Crippen molar-refractivity contribution >= 4 is 0 Å². The first-order valence-electron chi connectivity index (χ1n) is 8.13. The van der Waals surface area contributed by atoms with Crippen molar-refractivity contribution in [2.24, 2.45) is 17.8 Å². The molecule has 3 atom stereocenters. The van der Waals surface area contributed by atoms with Crippen LogP contribution in [0, 0.1) is 17.8 Å². The Morgan fingerprint density at radius 3 is 2.42 bits per heavy atom. The summed E-state index contributed by atoms with van der Waals surface area (Å²) >= 11 is 0. The molecule has 3 aliphatic carbocycles. The van der Waals surface area contributed by atoms with Crippen LogP contribution in [-0.4, -0.2) is 7.05 Å². The van der Waals surface area contributed by atoms with Gasteiger partial charge in [0.1, 0.15) is 0 Å². The van der Waals surface area contributed by atoms with Crippen LogP contribution in [0.15, 0.2) is 24.3 Å². The minimum atomic E-state index is 0.601. The molecule has 102 valence electrons. The van der Waals surface area contributed by atoms with Gasteiger partial charge in [0.15, 0.2) is 0 Å². The van der Waals surface area contributed by atoms with E-state index in [0.717, 1.165) is 23.7 Å². The van der Waals surface area contributed by atoms with Crippen molar-refractivity contribution in [1.82, 2.24) is 5.32 Å². The Hall–Kier alpha value is -0.820. The van der Waals surface area contributed by atoms with Gasteiger partial charge in [0.2, 0.25) is 0 Å². The molecule has 0 amide bonds. The van der Waals surface area contributed by atoms with Crippen molar-refractivity contribution in [2.45, 2.75) is 50.5 Å². The molecule has 3 unspecified atom stereocenters. The Morgan fingerprint density at radius 1 is 1.05 bits per heavy atom. The van der Waals surface area contributed by atoms with Crippen molar-refractivity contribution in [3.05, 3.63) is 35.4 Å². The summed E-state index contributed by atoms with van der Waals surface area (Å²) in [5.41, 5.74) is 3.26. The van der Waals surface area contributed by atoms with Crippen LogP contribution in [0.1, 0.15) is 61.6 Å². The summed E-state index contributed by atoms with van der Waals surface area (Å²) in [6.45, 7) is 0. The molecule has 1 N–H and O–H groups in total. The van der Waals surface area contributed by atoms with Gasteiger partial charge in [-0.25, -0.2) is 0 Å². The normalized spacial score (nSPS) is 34.7. The van der Waals surface area contributed by atoms with Gasteiger partial charge in [-0.1, -0.05) is 30.7 Å². The molecule has 0 saturated heterocycles. The Kier molecular flexibility index (Phi) is 2.91. The van der Waals surface area contributed by atoms with Gasteiger partial charge in [-0.3, -0.25) is 0 Å². The zero-order chi connectivity index (χ0) is 12.8. The zero-order valence-corrected chi connectivity index (χ0v) is 11.9. The minimum absolute atomic E-state index is 0.601. The lowest BCUT2D eigenvalue weighted by Crippen LogP contribution is -2.27. The molecule has 0 aromatic heterocycles. The summed E-state index contributed by atoms with van der Waals surface area (Å²) < 4.78 is 0. The Balaban J connectivity index is 1.61. The summed E-state index contributed by atoms with van der Waals surface area (Å²) in [6, 6.07) is 9.84. The van der Waals surface area contributed by atoms with Crippen molar-refractivity contribution in [1.29, 1.82) is 0 Å². The second-order valence-electron chi connectivity index (χ2n) is 7.01. The first-order valence-corrected chi connectivity index (χ1v) is 8.13. The lowest BCUT2D eigenvalue weighted by molar-refractivity contribution is 0.349. The highest BCUT2D eigenvalue weighted by Crippen LogP contribution is 2.57. The molecule has 1 nitrogen and oxygen atoms in total. The highest BCUT2D eigenvalue weighted by atomic mass is 14.9. The molecular weight excluding hydrogens is 230 g/mol. The second-order valence-corrected chi connectivity index (χ2v) is 7.01. The molecule has 0 spiro atoms. The Bertz CT molecular complexity index is 453. The topological polar surface area (TPSA) is 12.0 Å². The van der Waals surface area contributed by atoms with Crippen molar-refractivity contribution in [2.75, 3.05) is 7.05 Å². The van der Waals surface area contributed by atoms with Gasteiger partial charge in [-0.2, -0.15) is 0 Å². The summed E-state index contributed by atoms with van der Waals surface area (Å²) in [5, 5.41) is 3.64. The number of hydrogen-bond acceptors (Lipinski definition) is 1. The molecule has 19 heavy (non-hydrogen) atoms. The van der Waals surface area contributed by atoms with Crippen LogP contribution in [0.4, 0.5) is 0 Å². The van der Waals surface area contributed by atoms with E-state index in [9.17, 15) is 0 Å². The molecule has 3 saturated carbocycles. The lowest BCUT2D eigenvalue weighted by Gasteiger charge is -2.33. The first-order chi connectivity index (χ1) is 9.36. The lowest BCUT2D eigenvalue weighted by atomic mass is 9.75. The van der Waals surface area contributed by atoms with Gasteiger partial charge in [0.05, 0.1) is 0 Å². The van der Waals surface area contributed by atoms with Gasteiger partial charge in [-0.15, -0.1) is 0 Å². The van der Waals surface area contributed by atoms with E-state index in [1.165, 1.54) is 38.5 Å². The summed E-state index contributed by atoms with van der Waals surface area (Å²) in [6.07, 6.45) is 8.70. The Labute approximate surface area is 116 Å². The maximum Gasteiger partial charge on any atom is 0.0349 e. The van der Waals surface area contributed by atoms with E-state index in [-0.39, 0.29) is 0 Å². The van der Waals surface area contributed by atoms with Crippen LogP contribution in [0.2, 0.25) is 0 Å². The fraction of sp³-hybridized carbons (Fsp3) is 0.667. The second kappa shape index (κ2) is 4.63. The van der Waals surface area contributed by atoms with Crippen LogP contribution in [0.25, 0.3) is 0 Å². The van der Waals surface area contributed by atoms with Crippen molar-refractivity contribution < 1.29 is 0 Å². The number of benzene rings is 1. The van der Waals surface area contributed by atoms with Gasteiger partial charge in [0, 0.05) is 6.04 Å². The highest BCUT2D eigenvalue weighted by molar-refractivity contribution is 5.35. The third-order valence-corrected chi connectivity index (χ3v) is 5.94. The molecule has 4 rings (SSSR count). The largest absolute Gasteiger partial charge is 0.313 e. The summed E-state index contributed by atoms with van der Waals surface area (Å²) in [4.78, 5) is 0. The van der Waals surface area contributed by atoms with Crippen LogP contribution in [0.3, 0.4) is 0 Å². The van der Waals surface area contributed by atoms with E-state index in [2.05, 4.69) is 36.6 Å². The van der Waals surface area contributed by atoms with E-state index in [4.69, 9.17) is 0 Å². The van der Waals surface area contributed by atoms with Crippen LogP contribution < -0.4 is 5.32 Å². The summed E-state index contributed by atoms with van der Waals surface area (Å²) in [5.74, 6) is 3.89. The van der Waals surface area contributed by atoms with Crippen LogP contribution in [0.5, 0.6) is 0 Å². The maximum atomic E-state index is 3.64. The molecule has 0 aliphatic heterocycles. The average Bonchev–Trinajstić information content (AvgIpc) is 2.98. The van der Waals surface area contributed by atoms with E-state index in [0.29, 0.717) is 6.04 Å². The van der Waals surface area contributed by atoms with Crippen molar-refractivity contribution in [3.63, 3.8) is 0 Å². The van der Waals surface area contributed by atoms with E-state index < -0.39 is 0 Å². The molecule has 0 bridgehead atoms. The monoisotopic (exact) mass is 255 g/mol. The van der Waals surface area contributed by atoms with Crippen LogP contribution in [-0.2, 0) is 0 Å². The average molecular weight is 255 g/mol. The zero-order valence-electron chi connectivity index (χ0n) is 11.9. The van der Waals surface area contributed by atoms with Gasteiger partial charge in [0.25, 0.3) is 0 Å². The molecule has 1 aromatic carbocycles. The molecule has 0 radical (unpaired) electrons. The molecule has 1 aromatic rings. The number of fused-ring (bicyclic) bond motifs is 1. The predicted octanol–water partition coefficient (Wildman–Crippen LogP) is 4.26. The standard InChI is InChI=1S/C18H25N/c1-19-18(15-10-13-9-14(13)11-15)17-8-3-2-7-16(17)12-5-4-6-12/h2-3,7-8,12-15,18-19H,4-6,9-11H2,1H3.